The van der Waals surface area contributed by atoms with Gasteiger partial charge in [-0.15, -0.1) is 0 Å². The van der Waals surface area contributed by atoms with E-state index < -0.39 is 0 Å². The highest BCUT2D eigenvalue weighted by molar-refractivity contribution is 5.96. The van der Waals surface area contributed by atoms with Gasteiger partial charge in [0, 0.05) is 17.8 Å². The number of pyridine rings is 1. The predicted molar refractivity (Wildman–Crippen MR) is 111 cm³/mol. The van der Waals surface area contributed by atoms with E-state index >= 15 is 0 Å². The van der Waals surface area contributed by atoms with Crippen LogP contribution in [0.15, 0.2) is 36.5 Å². The first-order valence-corrected chi connectivity index (χ1v) is 9.96. The second-order valence-electron chi connectivity index (χ2n) is 7.35. The highest BCUT2D eigenvalue weighted by Gasteiger charge is 2.23. The number of hydrogen-bond donors (Lipinski definition) is 2. The predicted octanol–water partition coefficient (Wildman–Crippen LogP) is 3.96. The maximum atomic E-state index is 12.3. The maximum Gasteiger partial charge on any atom is 0.253 e. The molecular weight excluding hydrogens is 366 g/mol. The molecule has 1 aromatic carbocycles. The number of nitrogens with zero attached hydrogens (tertiary/aromatic N) is 4. The average Bonchev–Trinajstić information content (AvgIpc) is 3.13. The smallest absolute Gasteiger partial charge is 0.253 e. The van der Waals surface area contributed by atoms with Crippen molar-refractivity contribution in [3.63, 3.8) is 0 Å². The van der Waals surface area contributed by atoms with Gasteiger partial charge < -0.3 is 19.8 Å². The zero-order valence-corrected chi connectivity index (χ0v) is 16.1. The summed E-state index contributed by atoms with van der Waals surface area (Å²) in [4.78, 5) is 25.0. The molecule has 0 spiro atoms. The first kappa shape index (κ1) is 18.9. The lowest BCUT2D eigenvalue weighted by atomic mass is 9.95. The van der Waals surface area contributed by atoms with Gasteiger partial charge in [0.25, 0.3) is 5.91 Å². The first-order chi connectivity index (χ1) is 14.2. The monoisotopic (exact) mass is 389 g/mol. The Balaban J connectivity index is 1.77. The summed E-state index contributed by atoms with van der Waals surface area (Å²) in [7, 11) is 0. The van der Waals surface area contributed by atoms with Gasteiger partial charge in [-0.25, -0.2) is 16.5 Å². The Morgan fingerprint density at radius 2 is 2.00 bits per heavy atom. The summed E-state index contributed by atoms with van der Waals surface area (Å²) in [5, 5.41) is 12.4. The third kappa shape index (κ3) is 3.92. The number of phenols is 1. The fourth-order valence-corrected chi connectivity index (χ4v) is 3.93. The zero-order valence-electron chi connectivity index (χ0n) is 16.1. The van der Waals surface area contributed by atoms with E-state index in [9.17, 15) is 9.90 Å². The van der Waals surface area contributed by atoms with Gasteiger partial charge in [0.2, 0.25) is 6.54 Å². The van der Waals surface area contributed by atoms with Gasteiger partial charge in [-0.1, -0.05) is 19.3 Å². The molecule has 148 valence electrons. The summed E-state index contributed by atoms with van der Waals surface area (Å²) in [5.41, 5.74) is 2.80. The van der Waals surface area contributed by atoms with Crippen LogP contribution in [-0.4, -0.2) is 38.6 Å². The molecule has 2 heterocycles. The second kappa shape index (κ2) is 8.31. The van der Waals surface area contributed by atoms with Gasteiger partial charge in [-0.2, -0.15) is 0 Å². The molecule has 1 fully saturated rings. The van der Waals surface area contributed by atoms with Crippen LogP contribution in [-0.2, 0) is 0 Å². The standard InChI is InChI=1S/C22H23N5O2/c1-23-11-12-24-22(29)16-13-19-21(25-14-16)27(17-5-3-2-4-6-17)20(26-19)15-7-9-18(28)10-8-15/h7-10,13-14,17,28H,2-6,11-12H2,(H,24,29). The number of rotatable bonds is 5. The van der Waals surface area contributed by atoms with Crippen molar-refractivity contribution in [3.05, 3.63) is 53.5 Å². The highest BCUT2D eigenvalue weighted by atomic mass is 16.3. The van der Waals surface area contributed by atoms with Crippen LogP contribution in [0.2, 0.25) is 0 Å². The van der Waals surface area contributed by atoms with Crippen molar-refractivity contribution in [1.29, 1.82) is 0 Å². The summed E-state index contributed by atoms with van der Waals surface area (Å²) in [6.07, 6.45) is 7.35. The fraction of sp³-hybridized carbons (Fsp3) is 0.364. The van der Waals surface area contributed by atoms with Crippen molar-refractivity contribution in [3.8, 4) is 17.1 Å². The van der Waals surface area contributed by atoms with Crippen LogP contribution in [0.1, 0.15) is 48.5 Å². The molecule has 2 aromatic heterocycles. The number of aromatic nitrogens is 3. The number of imidazole rings is 1. The summed E-state index contributed by atoms with van der Waals surface area (Å²) in [6, 6.07) is 9.11. The molecule has 7 heteroatoms. The van der Waals surface area contributed by atoms with Crippen LogP contribution in [0, 0.1) is 6.57 Å². The summed E-state index contributed by atoms with van der Waals surface area (Å²) >= 11 is 0. The van der Waals surface area contributed by atoms with Gasteiger partial charge in [0.1, 0.15) is 17.1 Å². The molecule has 2 N–H and O–H groups in total. The maximum absolute atomic E-state index is 12.3. The molecule has 1 saturated carbocycles. The number of aromatic hydroxyl groups is 1. The second-order valence-corrected chi connectivity index (χ2v) is 7.35. The van der Waals surface area contributed by atoms with Crippen molar-refractivity contribution in [2.75, 3.05) is 13.1 Å². The Bertz CT molecular complexity index is 1060. The summed E-state index contributed by atoms with van der Waals surface area (Å²) in [5.74, 6) is 0.775. The molecule has 0 atom stereocenters. The van der Waals surface area contributed by atoms with E-state index in [1.807, 2.05) is 12.1 Å². The number of carbonyl (C=O) groups excluding carboxylic acids is 1. The van der Waals surface area contributed by atoms with Crippen LogP contribution < -0.4 is 5.32 Å². The molecule has 0 bridgehead atoms. The minimum atomic E-state index is -0.249. The average molecular weight is 389 g/mol. The number of benzene rings is 1. The Hall–Kier alpha value is -3.40. The van der Waals surface area contributed by atoms with E-state index in [-0.39, 0.29) is 18.2 Å². The van der Waals surface area contributed by atoms with Gasteiger partial charge in [-0.3, -0.25) is 4.79 Å². The van der Waals surface area contributed by atoms with Gasteiger partial charge >= 0.3 is 0 Å². The number of carbonyl (C=O) groups is 1. The molecule has 29 heavy (non-hydrogen) atoms. The summed E-state index contributed by atoms with van der Waals surface area (Å²) < 4.78 is 2.20. The van der Waals surface area contributed by atoms with Crippen LogP contribution in [0.5, 0.6) is 5.75 Å². The Kier molecular flexibility index (Phi) is 5.43. The van der Waals surface area contributed by atoms with E-state index in [4.69, 9.17) is 11.6 Å². The first-order valence-electron chi connectivity index (χ1n) is 9.96. The van der Waals surface area contributed by atoms with Gasteiger partial charge in [-0.05, 0) is 43.2 Å². The molecule has 0 aliphatic heterocycles. The molecule has 1 aliphatic rings. The Morgan fingerprint density at radius 1 is 1.24 bits per heavy atom. The van der Waals surface area contributed by atoms with E-state index in [0.717, 1.165) is 29.9 Å². The van der Waals surface area contributed by atoms with Gasteiger partial charge in [0.05, 0.1) is 12.1 Å². The summed E-state index contributed by atoms with van der Waals surface area (Å²) in [6.45, 7) is 7.38. The lowest BCUT2D eigenvalue weighted by Crippen LogP contribution is -2.25. The topological polar surface area (TPSA) is 84.4 Å². The number of amides is 1. The van der Waals surface area contributed by atoms with Crippen LogP contribution >= 0.6 is 0 Å². The molecule has 3 aromatic rings. The third-order valence-corrected chi connectivity index (χ3v) is 5.37. The quantitative estimate of drug-likeness (QED) is 0.511. The van der Waals surface area contributed by atoms with Crippen molar-refractivity contribution in [2.45, 2.75) is 38.1 Å². The molecule has 0 unspecified atom stereocenters. The van der Waals surface area contributed by atoms with Crippen molar-refractivity contribution in [1.82, 2.24) is 19.9 Å². The lowest BCUT2D eigenvalue weighted by Gasteiger charge is -2.25. The Morgan fingerprint density at radius 3 is 2.72 bits per heavy atom. The largest absolute Gasteiger partial charge is 0.508 e. The number of phenolic OH excluding ortho intramolecular Hbond substituents is 1. The van der Waals surface area contributed by atoms with Crippen LogP contribution in [0.3, 0.4) is 0 Å². The SMILES string of the molecule is [C-]#[N+]CCNC(=O)c1cnc2c(c1)nc(-c1ccc(O)cc1)n2C1CCCCC1. The number of nitrogens with one attached hydrogen (secondary N) is 1. The Labute approximate surface area is 169 Å². The van der Waals surface area contributed by atoms with Crippen molar-refractivity contribution < 1.29 is 9.90 Å². The molecule has 1 amide bonds. The molecule has 0 saturated heterocycles. The molecular formula is C22H23N5O2. The third-order valence-electron chi connectivity index (χ3n) is 5.37. The van der Waals surface area contributed by atoms with E-state index in [1.54, 1.807) is 24.4 Å². The van der Waals surface area contributed by atoms with Crippen LogP contribution in [0.4, 0.5) is 0 Å². The molecule has 1 aliphatic carbocycles. The van der Waals surface area contributed by atoms with Gasteiger partial charge in [0.15, 0.2) is 5.65 Å². The van der Waals surface area contributed by atoms with E-state index in [0.29, 0.717) is 23.7 Å². The normalized spacial score (nSPS) is 14.6. The molecule has 7 nitrogen and oxygen atoms in total. The van der Waals surface area contributed by atoms with Crippen molar-refractivity contribution >= 4 is 17.1 Å². The van der Waals surface area contributed by atoms with E-state index in [1.165, 1.54) is 19.3 Å². The number of hydrogen-bond acceptors (Lipinski definition) is 4. The minimum absolute atomic E-state index is 0.213. The highest BCUT2D eigenvalue weighted by Crippen LogP contribution is 2.35. The fourth-order valence-electron chi connectivity index (χ4n) is 3.93. The minimum Gasteiger partial charge on any atom is -0.508 e. The molecule has 4 rings (SSSR count). The van der Waals surface area contributed by atoms with Crippen LogP contribution in [0.25, 0.3) is 27.4 Å². The lowest BCUT2D eigenvalue weighted by molar-refractivity contribution is 0.0955. The molecule has 0 radical (unpaired) electrons. The number of fused-ring (bicyclic) bond motifs is 1. The zero-order chi connectivity index (χ0) is 20.2. The van der Waals surface area contributed by atoms with Crippen molar-refractivity contribution in [2.24, 2.45) is 0 Å². The van der Waals surface area contributed by atoms with E-state index in [2.05, 4.69) is 19.7 Å².